The number of nitrogens with one attached hydrogen (secondary N) is 1. The summed E-state index contributed by atoms with van der Waals surface area (Å²) in [7, 11) is 0. The number of carbonyl (C=O) groups is 2. The monoisotopic (exact) mass is 369 g/mol. The van der Waals surface area contributed by atoms with Gasteiger partial charge in [0.1, 0.15) is 5.75 Å². The number of hydrogen-bond donors (Lipinski definition) is 1. The van der Waals surface area contributed by atoms with Crippen LogP contribution in [0.2, 0.25) is 0 Å². The highest BCUT2D eigenvalue weighted by Gasteiger charge is 2.18. The highest BCUT2D eigenvalue weighted by molar-refractivity contribution is 5.81. The molecule has 1 amide bonds. The van der Waals surface area contributed by atoms with Crippen molar-refractivity contribution in [1.29, 1.82) is 0 Å². The zero-order valence-electron chi connectivity index (χ0n) is 16.3. The molecule has 0 aliphatic heterocycles. The van der Waals surface area contributed by atoms with Gasteiger partial charge in [-0.2, -0.15) is 0 Å². The van der Waals surface area contributed by atoms with Crippen LogP contribution in [-0.2, 0) is 26.3 Å². The largest absolute Gasteiger partial charge is 0.479 e. The molecule has 2 aromatic carbocycles. The molecule has 0 aromatic heterocycles. The van der Waals surface area contributed by atoms with E-state index in [0.717, 1.165) is 5.56 Å². The first-order valence-electron chi connectivity index (χ1n) is 9.00. The quantitative estimate of drug-likeness (QED) is 0.757. The van der Waals surface area contributed by atoms with Crippen LogP contribution in [0.1, 0.15) is 38.8 Å². The van der Waals surface area contributed by atoms with Gasteiger partial charge in [-0.05, 0) is 35.6 Å². The summed E-state index contributed by atoms with van der Waals surface area (Å²) >= 11 is 0. The number of benzene rings is 2. The number of ether oxygens (including phenoxy) is 2. The fraction of sp³-hybridized carbons (Fsp3) is 0.364. The Kier molecular flexibility index (Phi) is 6.99. The Labute approximate surface area is 160 Å². The van der Waals surface area contributed by atoms with Crippen LogP contribution in [0.25, 0.3) is 0 Å². The zero-order valence-corrected chi connectivity index (χ0v) is 16.3. The average molecular weight is 369 g/mol. The Morgan fingerprint density at radius 1 is 1.00 bits per heavy atom. The van der Waals surface area contributed by atoms with E-state index >= 15 is 0 Å². The molecule has 0 fully saturated rings. The second kappa shape index (κ2) is 9.21. The van der Waals surface area contributed by atoms with E-state index in [1.54, 1.807) is 6.92 Å². The van der Waals surface area contributed by atoms with Crippen LogP contribution in [-0.4, -0.2) is 24.6 Å². The maximum Gasteiger partial charge on any atom is 0.347 e. The molecule has 0 aliphatic rings. The fourth-order valence-corrected chi connectivity index (χ4v) is 2.39. The predicted octanol–water partition coefficient (Wildman–Crippen LogP) is 3.61. The SMILES string of the molecule is C[C@@H](Oc1ccc(C(C)(C)C)cc1)C(=O)OCC(=O)NCc1ccccc1. The van der Waals surface area contributed by atoms with Gasteiger partial charge in [-0.3, -0.25) is 4.79 Å². The maximum atomic E-state index is 12.0. The second-order valence-corrected chi connectivity index (χ2v) is 7.40. The van der Waals surface area contributed by atoms with E-state index in [2.05, 4.69) is 26.1 Å². The molecule has 27 heavy (non-hydrogen) atoms. The number of hydrogen-bond acceptors (Lipinski definition) is 4. The first-order valence-corrected chi connectivity index (χ1v) is 9.00. The summed E-state index contributed by atoms with van der Waals surface area (Å²) in [6.07, 6.45) is -0.799. The van der Waals surface area contributed by atoms with Crippen molar-refractivity contribution in [1.82, 2.24) is 5.32 Å². The summed E-state index contributed by atoms with van der Waals surface area (Å²) in [6.45, 7) is 8.05. The molecule has 0 unspecified atom stereocenters. The summed E-state index contributed by atoms with van der Waals surface area (Å²) in [4.78, 5) is 23.8. The Balaban J connectivity index is 1.75. The van der Waals surface area contributed by atoms with Crippen molar-refractivity contribution >= 4 is 11.9 Å². The van der Waals surface area contributed by atoms with Gasteiger partial charge >= 0.3 is 5.97 Å². The zero-order chi connectivity index (χ0) is 19.9. The summed E-state index contributed by atoms with van der Waals surface area (Å²) in [5.74, 6) is -0.348. The summed E-state index contributed by atoms with van der Waals surface area (Å²) in [5.41, 5.74) is 2.21. The molecule has 0 aliphatic carbocycles. The Hall–Kier alpha value is -2.82. The number of carbonyl (C=O) groups excluding carboxylic acids is 2. The predicted molar refractivity (Wildman–Crippen MR) is 104 cm³/mol. The third-order valence-corrected chi connectivity index (χ3v) is 4.04. The molecule has 2 rings (SSSR count). The van der Waals surface area contributed by atoms with Crippen LogP contribution in [0.4, 0.5) is 0 Å². The van der Waals surface area contributed by atoms with E-state index < -0.39 is 12.1 Å². The summed E-state index contributed by atoms with van der Waals surface area (Å²) in [5, 5.41) is 2.71. The van der Waals surface area contributed by atoms with E-state index in [0.29, 0.717) is 12.3 Å². The normalized spacial score (nSPS) is 12.1. The van der Waals surface area contributed by atoms with E-state index in [9.17, 15) is 9.59 Å². The smallest absolute Gasteiger partial charge is 0.347 e. The van der Waals surface area contributed by atoms with Crippen LogP contribution in [0.3, 0.4) is 0 Å². The lowest BCUT2D eigenvalue weighted by molar-refractivity contribution is -0.154. The Bertz CT molecular complexity index is 748. The topological polar surface area (TPSA) is 64.6 Å². The van der Waals surface area contributed by atoms with Crippen LogP contribution < -0.4 is 10.1 Å². The van der Waals surface area contributed by atoms with Gasteiger partial charge in [-0.1, -0.05) is 63.2 Å². The Morgan fingerprint density at radius 3 is 2.22 bits per heavy atom. The van der Waals surface area contributed by atoms with Crippen LogP contribution in [0.5, 0.6) is 5.75 Å². The molecule has 1 N–H and O–H groups in total. The van der Waals surface area contributed by atoms with E-state index in [1.807, 2.05) is 54.6 Å². The third kappa shape index (κ3) is 6.77. The first-order chi connectivity index (χ1) is 12.8. The van der Waals surface area contributed by atoms with Gasteiger partial charge in [0, 0.05) is 6.54 Å². The van der Waals surface area contributed by atoms with Crippen molar-refractivity contribution in [3.8, 4) is 5.75 Å². The average Bonchev–Trinajstić information content (AvgIpc) is 2.65. The standard InChI is InChI=1S/C22H27NO4/c1-16(27-19-12-10-18(11-13-19)22(2,3)4)21(25)26-15-20(24)23-14-17-8-6-5-7-9-17/h5-13,16H,14-15H2,1-4H3,(H,23,24)/t16-/m1/s1. The minimum Gasteiger partial charge on any atom is -0.479 e. The minimum absolute atomic E-state index is 0.0518. The van der Waals surface area contributed by atoms with Gasteiger partial charge < -0.3 is 14.8 Å². The van der Waals surface area contributed by atoms with Crippen LogP contribution >= 0.6 is 0 Å². The summed E-state index contributed by atoms with van der Waals surface area (Å²) in [6, 6.07) is 17.1. The molecular weight excluding hydrogens is 342 g/mol. The molecule has 0 saturated heterocycles. The lowest BCUT2D eigenvalue weighted by Gasteiger charge is -2.20. The molecule has 0 heterocycles. The molecule has 5 heteroatoms. The summed E-state index contributed by atoms with van der Waals surface area (Å²) < 4.78 is 10.6. The van der Waals surface area contributed by atoms with E-state index in [4.69, 9.17) is 9.47 Å². The highest BCUT2D eigenvalue weighted by atomic mass is 16.6. The minimum atomic E-state index is -0.799. The van der Waals surface area contributed by atoms with Crippen molar-refractivity contribution in [3.05, 3.63) is 65.7 Å². The van der Waals surface area contributed by atoms with Crippen molar-refractivity contribution in [3.63, 3.8) is 0 Å². The molecule has 2 aromatic rings. The van der Waals surface area contributed by atoms with E-state index in [-0.39, 0.29) is 17.9 Å². The lowest BCUT2D eigenvalue weighted by atomic mass is 9.87. The molecule has 0 bridgehead atoms. The van der Waals surface area contributed by atoms with Crippen LogP contribution in [0.15, 0.2) is 54.6 Å². The van der Waals surface area contributed by atoms with Gasteiger partial charge in [0.15, 0.2) is 12.7 Å². The first kappa shape index (κ1) is 20.5. The van der Waals surface area contributed by atoms with Gasteiger partial charge in [-0.15, -0.1) is 0 Å². The molecule has 0 spiro atoms. The molecular formula is C22H27NO4. The third-order valence-electron chi connectivity index (χ3n) is 4.04. The van der Waals surface area contributed by atoms with Gasteiger partial charge in [0.25, 0.3) is 5.91 Å². The van der Waals surface area contributed by atoms with E-state index in [1.165, 1.54) is 5.56 Å². The maximum absolute atomic E-state index is 12.0. The second-order valence-electron chi connectivity index (χ2n) is 7.40. The van der Waals surface area contributed by atoms with Crippen molar-refractivity contribution < 1.29 is 19.1 Å². The molecule has 5 nitrogen and oxygen atoms in total. The lowest BCUT2D eigenvalue weighted by Crippen LogP contribution is -2.32. The molecule has 144 valence electrons. The number of amides is 1. The van der Waals surface area contributed by atoms with Gasteiger partial charge in [-0.25, -0.2) is 4.79 Å². The number of rotatable bonds is 7. The van der Waals surface area contributed by atoms with Crippen LogP contribution in [0, 0.1) is 0 Å². The van der Waals surface area contributed by atoms with Gasteiger partial charge in [0.05, 0.1) is 0 Å². The van der Waals surface area contributed by atoms with Crippen molar-refractivity contribution in [2.24, 2.45) is 0 Å². The van der Waals surface area contributed by atoms with Gasteiger partial charge in [0.2, 0.25) is 0 Å². The molecule has 1 atom stereocenters. The highest BCUT2D eigenvalue weighted by Crippen LogP contribution is 2.24. The Morgan fingerprint density at radius 2 is 1.63 bits per heavy atom. The fourth-order valence-electron chi connectivity index (χ4n) is 2.39. The molecule has 0 radical (unpaired) electrons. The molecule has 0 saturated carbocycles. The van der Waals surface area contributed by atoms with Crippen molar-refractivity contribution in [2.75, 3.05) is 6.61 Å². The van der Waals surface area contributed by atoms with Crippen molar-refractivity contribution in [2.45, 2.75) is 45.8 Å². The number of esters is 1.